The van der Waals surface area contributed by atoms with Crippen molar-refractivity contribution < 1.29 is 4.79 Å². The number of aromatic nitrogens is 2. The van der Waals surface area contributed by atoms with Gasteiger partial charge in [0.1, 0.15) is 12.1 Å². The molecule has 1 heterocycles. The Hall–Kier alpha value is -2.99. The van der Waals surface area contributed by atoms with E-state index in [4.69, 9.17) is 5.73 Å². The highest BCUT2D eigenvalue weighted by molar-refractivity contribution is 6.06. The first-order valence-corrected chi connectivity index (χ1v) is 9.28. The van der Waals surface area contributed by atoms with Crippen molar-refractivity contribution in [3.8, 4) is 0 Å². The number of rotatable bonds is 8. The molecule has 138 valence electrons. The average Bonchev–Trinajstić information content (AvgIpc) is 3.52. The van der Waals surface area contributed by atoms with Crippen molar-refractivity contribution >= 4 is 22.6 Å². The maximum Gasteiger partial charge on any atom is 0.250 e. The van der Waals surface area contributed by atoms with Crippen LogP contribution in [0.25, 0.3) is 10.9 Å². The van der Waals surface area contributed by atoms with Crippen molar-refractivity contribution in [3.05, 3.63) is 66.0 Å². The lowest BCUT2D eigenvalue weighted by Gasteiger charge is -2.21. The fraction of sp³-hybridized carbons (Fsp3) is 0.286. The van der Waals surface area contributed by atoms with Gasteiger partial charge in [-0.15, -0.1) is 0 Å². The molecule has 0 bridgehead atoms. The molecule has 0 aliphatic heterocycles. The van der Waals surface area contributed by atoms with Gasteiger partial charge in [0.2, 0.25) is 0 Å². The van der Waals surface area contributed by atoms with Crippen LogP contribution in [0.1, 0.15) is 34.8 Å². The number of carbonyl (C=O) groups excluding carboxylic acids is 1. The van der Waals surface area contributed by atoms with Crippen molar-refractivity contribution in [3.63, 3.8) is 0 Å². The van der Waals surface area contributed by atoms with Crippen LogP contribution in [-0.2, 0) is 0 Å². The second-order valence-corrected chi connectivity index (χ2v) is 7.00. The van der Waals surface area contributed by atoms with E-state index in [1.807, 2.05) is 24.3 Å². The van der Waals surface area contributed by atoms with Gasteiger partial charge in [-0.25, -0.2) is 9.97 Å². The Morgan fingerprint density at radius 3 is 2.67 bits per heavy atom. The molecule has 1 fully saturated rings. The van der Waals surface area contributed by atoms with Gasteiger partial charge >= 0.3 is 0 Å². The zero-order chi connectivity index (χ0) is 18.6. The van der Waals surface area contributed by atoms with Crippen LogP contribution in [-0.4, -0.2) is 29.0 Å². The number of hydrogen-bond acceptors (Lipinski definition) is 5. The van der Waals surface area contributed by atoms with Gasteiger partial charge in [-0.3, -0.25) is 4.79 Å². The van der Waals surface area contributed by atoms with Crippen LogP contribution >= 0.6 is 0 Å². The molecule has 4 rings (SSSR count). The lowest BCUT2D eigenvalue weighted by atomic mass is 10.1. The summed E-state index contributed by atoms with van der Waals surface area (Å²) in [4.78, 5) is 20.4. The smallest absolute Gasteiger partial charge is 0.250 e. The van der Waals surface area contributed by atoms with E-state index < -0.39 is 5.91 Å². The molecule has 1 aliphatic carbocycles. The number of hydrogen-bond donors (Lipinski definition) is 3. The molecule has 1 atom stereocenters. The highest BCUT2D eigenvalue weighted by Crippen LogP contribution is 2.28. The fourth-order valence-corrected chi connectivity index (χ4v) is 3.26. The van der Waals surface area contributed by atoms with E-state index in [1.165, 1.54) is 24.7 Å². The minimum atomic E-state index is -0.490. The number of anilines is 1. The van der Waals surface area contributed by atoms with Gasteiger partial charge in [0.15, 0.2) is 0 Å². The SMILES string of the molecule is NC(=O)c1cccc2c(N[C@H](CNCC3CC3)c3ccccc3)ncnc12. The predicted octanol–water partition coefficient (Wildman–Crippen LogP) is 2.88. The topological polar surface area (TPSA) is 92.9 Å². The minimum absolute atomic E-state index is 0.0558. The zero-order valence-electron chi connectivity index (χ0n) is 15.1. The molecule has 4 N–H and O–H groups in total. The van der Waals surface area contributed by atoms with Gasteiger partial charge in [0.05, 0.1) is 17.1 Å². The Morgan fingerprint density at radius 1 is 1.11 bits per heavy atom. The van der Waals surface area contributed by atoms with E-state index in [0.717, 1.165) is 24.4 Å². The highest BCUT2D eigenvalue weighted by Gasteiger charge is 2.22. The van der Waals surface area contributed by atoms with E-state index in [9.17, 15) is 4.79 Å². The van der Waals surface area contributed by atoms with Crippen LogP contribution in [0.5, 0.6) is 0 Å². The van der Waals surface area contributed by atoms with Crippen molar-refractivity contribution in [2.24, 2.45) is 11.7 Å². The summed E-state index contributed by atoms with van der Waals surface area (Å²) < 4.78 is 0. The first-order valence-electron chi connectivity index (χ1n) is 9.28. The van der Waals surface area contributed by atoms with Crippen LogP contribution in [0.2, 0.25) is 0 Å². The van der Waals surface area contributed by atoms with Gasteiger partial charge in [0, 0.05) is 11.9 Å². The summed E-state index contributed by atoms with van der Waals surface area (Å²) >= 11 is 0. The number of fused-ring (bicyclic) bond motifs is 1. The molecule has 0 unspecified atom stereocenters. The third-order valence-electron chi connectivity index (χ3n) is 4.92. The van der Waals surface area contributed by atoms with E-state index in [0.29, 0.717) is 16.9 Å². The third-order valence-corrected chi connectivity index (χ3v) is 4.92. The summed E-state index contributed by atoms with van der Waals surface area (Å²) in [5.41, 5.74) is 7.65. The van der Waals surface area contributed by atoms with Crippen molar-refractivity contribution in [2.45, 2.75) is 18.9 Å². The zero-order valence-corrected chi connectivity index (χ0v) is 15.1. The number of benzene rings is 2. The van der Waals surface area contributed by atoms with Gasteiger partial charge < -0.3 is 16.4 Å². The first-order chi connectivity index (χ1) is 13.2. The number of nitrogens with two attached hydrogens (primary N) is 1. The summed E-state index contributed by atoms with van der Waals surface area (Å²) in [7, 11) is 0. The highest BCUT2D eigenvalue weighted by atomic mass is 16.1. The monoisotopic (exact) mass is 361 g/mol. The maximum absolute atomic E-state index is 11.7. The normalized spacial score (nSPS) is 14.8. The number of primary amides is 1. The standard InChI is InChI=1S/C21H23N5O/c22-20(27)16-7-4-8-17-19(16)24-13-25-21(17)26-18(12-23-11-14-9-10-14)15-5-2-1-3-6-15/h1-8,13-14,18,23H,9-12H2,(H2,22,27)(H,24,25,26)/t18-/m1/s1. The molecule has 6 nitrogen and oxygen atoms in total. The van der Waals surface area contributed by atoms with Crippen LogP contribution in [0.4, 0.5) is 5.82 Å². The summed E-state index contributed by atoms with van der Waals surface area (Å²) in [6, 6.07) is 15.8. The van der Waals surface area contributed by atoms with Gasteiger partial charge in [-0.1, -0.05) is 36.4 Å². The van der Waals surface area contributed by atoms with Crippen molar-refractivity contribution in [2.75, 3.05) is 18.4 Å². The Morgan fingerprint density at radius 2 is 1.93 bits per heavy atom. The predicted molar refractivity (Wildman–Crippen MR) is 106 cm³/mol. The summed E-state index contributed by atoms with van der Waals surface area (Å²) in [6.45, 7) is 1.84. The van der Waals surface area contributed by atoms with Gasteiger partial charge in [0.25, 0.3) is 5.91 Å². The quantitative estimate of drug-likeness (QED) is 0.574. The number of nitrogens with zero attached hydrogens (tertiary/aromatic N) is 2. The van der Waals surface area contributed by atoms with Gasteiger partial charge in [-0.2, -0.15) is 0 Å². The van der Waals surface area contributed by atoms with Crippen molar-refractivity contribution in [1.29, 1.82) is 0 Å². The molecule has 1 saturated carbocycles. The molecular formula is C21H23N5O. The van der Waals surface area contributed by atoms with E-state index in [2.05, 4.69) is 32.7 Å². The molecule has 0 saturated heterocycles. The number of nitrogens with one attached hydrogen (secondary N) is 2. The number of carbonyl (C=O) groups is 1. The lowest BCUT2D eigenvalue weighted by Crippen LogP contribution is -2.28. The summed E-state index contributed by atoms with van der Waals surface area (Å²) in [5.74, 6) is 1.03. The van der Waals surface area contributed by atoms with Crippen LogP contribution in [0.3, 0.4) is 0 Å². The molecule has 0 radical (unpaired) electrons. The minimum Gasteiger partial charge on any atom is -0.366 e. The fourth-order valence-electron chi connectivity index (χ4n) is 3.26. The second kappa shape index (κ2) is 7.72. The Balaban J connectivity index is 1.63. The Bertz CT molecular complexity index is 940. The molecule has 27 heavy (non-hydrogen) atoms. The summed E-state index contributed by atoms with van der Waals surface area (Å²) in [6.07, 6.45) is 4.11. The largest absolute Gasteiger partial charge is 0.366 e. The molecule has 2 aromatic carbocycles. The van der Waals surface area contributed by atoms with Crippen LogP contribution in [0, 0.1) is 5.92 Å². The van der Waals surface area contributed by atoms with Crippen LogP contribution in [0.15, 0.2) is 54.9 Å². The number of amides is 1. The molecule has 6 heteroatoms. The molecular weight excluding hydrogens is 338 g/mol. The lowest BCUT2D eigenvalue weighted by molar-refractivity contribution is 0.100. The number of para-hydroxylation sites is 1. The van der Waals surface area contributed by atoms with E-state index in [-0.39, 0.29) is 6.04 Å². The second-order valence-electron chi connectivity index (χ2n) is 7.00. The molecule has 1 aliphatic rings. The van der Waals surface area contributed by atoms with E-state index in [1.54, 1.807) is 12.1 Å². The molecule has 3 aromatic rings. The molecule has 1 amide bonds. The Kier molecular flexibility index (Phi) is 4.98. The maximum atomic E-state index is 11.7. The van der Waals surface area contributed by atoms with Crippen LogP contribution < -0.4 is 16.4 Å². The summed E-state index contributed by atoms with van der Waals surface area (Å²) in [5, 5.41) is 7.89. The Labute approximate surface area is 158 Å². The molecule has 0 spiro atoms. The molecule has 1 aromatic heterocycles. The third kappa shape index (κ3) is 4.06. The van der Waals surface area contributed by atoms with Crippen molar-refractivity contribution in [1.82, 2.24) is 15.3 Å². The first kappa shape index (κ1) is 17.4. The van der Waals surface area contributed by atoms with Gasteiger partial charge in [-0.05, 0) is 43.0 Å². The van der Waals surface area contributed by atoms with E-state index >= 15 is 0 Å². The average molecular weight is 361 g/mol.